The Kier molecular flexibility index (Phi) is 46.1. The zero-order valence-corrected chi connectivity index (χ0v) is 35.2. The van der Waals surface area contributed by atoms with Crippen LogP contribution in [0.3, 0.4) is 0 Å². The van der Waals surface area contributed by atoms with Crippen LogP contribution in [0.2, 0.25) is 0 Å². The van der Waals surface area contributed by atoms with Crippen molar-refractivity contribution >= 4 is 89.6 Å². The number of rotatable bonds is 16. The second-order valence-corrected chi connectivity index (χ2v) is 17.5. The van der Waals surface area contributed by atoms with E-state index in [1.165, 1.54) is 30.7 Å². The van der Waals surface area contributed by atoms with Crippen molar-refractivity contribution in [3.63, 3.8) is 0 Å². The van der Waals surface area contributed by atoms with Crippen molar-refractivity contribution in [1.82, 2.24) is 0 Å². The van der Waals surface area contributed by atoms with E-state index in [1.807, 2.05) is 20.8 Å². The van der Waals surface area contributed by atoms with Crippen molar-refractivity contribution in [3.8, 4) is 0 Å². The van der Waals surface area contributed by atoms with Gasteiger partial charge in [0.15, 0.2) is 0 Å². The molecule has 13 nitrogen and oxygen atoms in total. The normalized spacial score (nSPS) is 11.0. The number of carbonyl (C=O) groups is 5. The third-order valence-electron chi connectivity index (χ3n) is 3.42. The molecule has 0 aromatic rings. The van der Waals surface area contributed by atoms with E-state index in [4.69, 9.17) is 18.1 Å². The van der Waals surface area contributed by atoms with Gasteiger partial charge in [-0.2, -0.15) is 0 Å². The Morgan fingerprint density at radius 1 is 0.733 bits per heavy atom. The van der Waals surface area contributed by atoms with Crippen molar-refractivity contribution in [2.24, 2.45) is 0 Å². The molecule has 0 amide bonds. The second kappa shape index (κ2) is 38.2. The standard InChI is InChI=1S/C8H15O4P.C6H9BrO3.C6H15O3P.C6H10O3.2BrH.Cu/c1-5-7(8(9)11-6-2)12-13(3,4)10;1-3-10-6(9)5(8)4(2)7;1-4-7-10(8-5-2)9-6-3;1-3-5(7)6(8)9-4-2;;;/h5H,6H2,1-4H3;4H,3H2,1-2H3;4-6H2,1-3H3;3-4H2,1-2H3;2*1H;/q;;;;;;+2/p-2/b7-5+;;;;;;. The molecule has 0 N–H and O–H groups in total. The molecule has 0 rings (SSSR count). The van der Waals surface area contributed by atoms with Gasteiger partial charge in [0, 0.05) is 19.8 Å². The summed E-state index contributed by atoms with van der Waals surface area (Å²) >= 11 is 10.3. The number of Topliss-reactive ketones (excluding diaryl/α,β-unsaturated/α-hetero) is 2. The summed E-state index contributed by atoms with van der Waals surface area (Å²) in [5.41, 5.74) is 0. The van der Waals surface area contributed by atoms with Gasteiger partial charge in [-0.05, 0) is 61.5 Å². The maximum absolute atomic E-state index is 11.2. The van der Waals surface area contributed by atoms with Crippen LogP contribution in [0.15, 0.2) is 11.8 Å². The predicted molar refractivity (Wildman–Crippen MR) is 183 cm³/mol. The Bertz CT molecular complexity index is 859. The van der Waals surface area contributed by atoms with Gasteiger partial charge >= 0.3 is 66.1 Å². The zero-order valence-electron chi connectivity index (χ0n) is 27.7. The van der Waals surface area contributed by atoms with Gasteiger partial charge in [0.1, 0.15) is 0 Å². The average molecular weight is 935 g/mol. The quantitative estimate of drug-likeness (QED) is 0.0219. The van der Waals surface area contributed by atoms with Gasteiger partial charge in [0.05, 0.1) is 44.5 Å². The van der Waals surface area contributed by atoms with Gasteiger partial charge in [-0.3, -0.25) is 14.2 Å². The molecule has 0 bridgehead atoms. The van der Waals surface area contributed by atoms with Crippen molar-refractivity contribution in [2.45, 2.75) is 73.6 Å². The molecule has 0 aromatic heterocycles. The Labute approximate surface area is 298 Å². The van der Waals surface area contributed by atoms with E-state index in [1.54, 1.807) is 41.5 Å². The van der Waals surface area contributed by atoms with Crippen molar-refractivity contribution in [2.75, 3.05) is 53.0 Å². The molecule has 1 unspecified atom stereocenters. The van der Waals surface area contributed by atoms with E-state index in [-0.39, 0.29) is 32.0 Å². The Morgan fingerprint density at radius 2 is 1.09 bits per heavy atom. The summed E-state index contributed by atoms with van der Waals surface area (Å²) in [5.74, 6) is -3.06. The van der Waals surface area contributed by atoms with Gasteiger partial charge < -0.3 is 32.3 Å². The number of esters is 3. The fraction of sp³-hybridized carbons (Fsp3) is 0.731. The third kappa shape index (κ3) is 41.8. The first-order valence-electron chi connectivity index (χ1n) is 13.6. The summed E-state index contributed by atoms with van der Waals surface area (Å²) in [4.78, 5) is 52.8. The Balaban J connectivity index is -0.000000155. The molecular formula is C26H49Br3CuO13P2. The third-order valence-corrected chi connectivity index (χ3v) is 5.88. The second-order valence-electron chi connectivity index (χ2n) is 7.43. The van der Waals surface area contributed by atoms with Gasteiger partial charge in [0.25, 0.3) is 5.78 Å². The minimum absolute atomic E-state index is 0.00943. The van der Waals surface area contributed by atoms with E-state index in [2.05, 4.69) is 58.4 Å². The van der Waals surface area contributed by atoms with E-state index >= 15 is 0 Å². The first kappa shape index (κ1) is 54.2. The van der Waals surface area contributed by atoms with Gasteiger partial charge in [-0.1, -0.05) is 22.9 Å². The van der Waals surface area contributed by atoms with Crippen LogP contribution in [-0.4, -0.2) is 87.3 Å². The van der Waals surface area contributed by atoms with Crippen LogP contribution in [0.5, 0.6) is 0 Å². The molecule has 0 radical (unpaired) electrons. The number of carbonyl (C=O) groups excluding carboxylic acids is 5. The summed E-state index contributed by atoms with van der Waals surface area (Å²) < 4.78 is 45.1. The number of halogens is 3. The number of alkyl halides is 1. The predicted octanol–water partition coefficient (Wildman–Crippen LogP) is 7.45. The molecule has 1 atom stereocenters. The summed E-state index contributed by atoms with van der Waals surface area (Å²) in [5, 5.41) is 0. The van der Waals surface area contributed by atoms with E-state index in [0.29, 0.717) is 19.8 Å². The van der Waals surface area contributed by atoms with E-state index in [9.17, 15) is 28.5 Å². The SMILES string of the molecule is C/C=C(/OP(C)(C)=O)C(=O)OCC.CCOC(=O)C(=O)C(C)Br.CCOC(=O)C(=O)CC.CCOP(OCC)OCC.[Br][Cu][Br]. The minimum atomic E-state index is -2.69. The van der Waals surface area contributed by atoms with Crippen LogP contribution in [-0.2, 0) is 72.2 Å². The summed E-state index contributed by atoms with van der Waals surface area (Å²) in [6.45, 7) is 21.2. The van der Waals surface area contributed by atoms with Crippen molar-refractivity contribution < 1.29 is 72.2 Å². The topological polar surface area (TPSA) is 167 Å². The van der Waals surface area contributed by atoms with Gasteiger partial charge in [-0.25, -0.2) is 14.4 Å². The number of allylic oxidation sites excluding steroid dienone is 1. The van der Waals surface area contributed by atoms with Crippen LogP contribution in [0.1, 0.15) is 68.7 Å². The molecule has 0 fully saturated rings. The summed E-state index contributed by atoms with van der Waals surface area (Å²) in [6, 6.07) is 0. The number of hydrogen-bond donors (Lipinski definition) is 0. The monoisotopic (exact) mass is 931 g/mol. The van der Waals surface area contributed by atoms with Crippen LogP contribution in [0, 0.1) is 0 Å². The fourth-order valence-electron chi connectivity index (χ4n) is 1.80. The van der Waals surface area contributed by atoms with Crippen LogP contribution >= 0.6 is 60.1 Å². The molecule has 0 saturated heterocycles. The van der Waals surface area contributed by atoms with Crippen molar-refractivity contribution in [1.29, 1.82) is 0 Å². The zero-order chi connectivity index (χ0) is 36.4. The van der Waals surface area contributed by atoms with Crippen molar-refractivity contribution in [3.05, 3.63) is 11.8 Å². The first-order valence-corrected chi connectivity index (χ1v) is 22.8. The van der Waals surface area contributed by atoms with Gasteiger partial charge in [-0.15, -0.1) is 0 Å². The molecule has 0 aromatic carbocycles. The first-order chi connectivity index (χ1) is 21.0. The molecule has 0 aliphatic carbocycles. The van der Waals surface area contributed by atoms with Crippen LogP contribution < -0.4 is 0 Å². The molecule has 19 heteroatoms. The molecule has 273 valence electrons. The number of hydrogen-bond acceptors (Lipinski definition) is 13. The fourth-order valence-corrected chi connectivity index (χ4v) is 3.49. The maximum atomic E-state index is 11.2. The molecule has 0 heterocycles. The Morgan fingerprint density at radius 3 is 1.36 bits per heavy atom. The van der Waals surface area contributed by atoms with Gasteiger partial charge in [0.2, 0.25) is 18.9 Å². The van der Waals surface area contributed by atoms with E-state index < -0.39 is 50.3 Å². The summed E-state index contributed by atoms with van der Waals surface area (Å²) in [7, 11) is -3.75. The molecular weight excluding hydrogens is 885 g/mol. The molecule has 0 spiro atoms. The summed E-state index contributed by atoms with van der Waals surface area (Å²) in [6.07, 6.45) is 1.66. The number of ketones is 2. The molecule has 0 saturated carbocycles. The molecule has 0 aliphatic heterocycles. The van der Waals surface area contributed by atoms with E-state index in [0.717, 1.165) is 0 Å². The number of ether oxygens (including phenoxy) is 3. The average Bonchev–Trinajstić information content (AvgIpc) is 2.96. The molecule has 45 heavy (non-hydrogen) atoms. The van der Waals surface area contributed by atoms with Crippen LogP contribution in [0.25, 0.3) is 0 Å². The molecule has 0 aliphatic rings. The Hall–Kier alpha value is -0.211. The van der Waals surface area contributed by atoms with Crippen LogP contribution in [0.4, 0.5) is 0 Å².